The van der Waals surface area contributed by atoms with Crippen molar-refractivity contribution in [1.29, 1.82) is 0 Å². The molecule has 1 aromatic heterocycles. The maximum Gasteiger partial charge on any atom is 0.243 e. The summed E-state index contributed by atoms with van der Waals surface area (Å²) < 4.78 is 33.8. The predicted octanol–water partition coefficient (Wildman–Crippen LogP) is 4.92. The minimum atomic E-state index is -3.65. The third-order valence-electron chi connectivity index (χ3n) is 5.36. The number of sulfonamides is 1. The van der Waals surface area contributed by atoms with Gasteiger partial charge in [0.15, 0.2) is 5.75 Å². The third-order valence-corrected chi connectivity index (χ3v) is 8.22. The number of hydrogen-bond donors (Lipinski definition) is 1. The summed E-state index contributed by atoms with van der Waals surface area (Å²) in [5.41, 5.74) is 1.22. The molecule has 3 aromatic rings. The van der Waals surface area contributed by atoms with Gasteiger partial charge in [-0.05, 0) is 55.3 Å². The molecule has 0 saturated carbocycles. The summed E-state index contributed by atoms with van der Waals surface area (Å²) in [4.78, 5) is 17.1. The fourth-order valence-electron chi connectivity index (χ4n) is 3.64. The molecule has 0 atom stereocenters. The van der Waals surface area contributed by atoms with Crippen LogP contribution in [0.25, 0.3) is 0 Å². The van der Waals surface area contributed by atoms with E-state index in [4.69, 9.17) is 4.74 Å². The van der Waals surface area contributed by atoms with Crippen LogP contribution >= 0.6 is 11.8 Å². The Morgan fingerprint density at radius 3 is 2.50 bits per heavy atom. The van der Waals surface area contributed by atoms with Crippen LogP contribution in [0.15, 0.2) is 77.8 Å². The molecule has 2 aromatic carbocycles. The van der Waals surface area contributed by atoms with Crippen LogP contribution in [-0.2, 0) is 20.6 Å². The minimum Gasteiger partial charge on any atom is -0.455 e. The molecule has 0 unspecified atom stereocenters. The van der Waals surface area contributed by atoms with Gasteiger partial charge in [-0.2, -0.15) is 4.31 Å². The van der Waals surface area contributed by atoms with Crippen LogP contribution < -0.4 is 10.1 Å². The number of rotatable bonds is 9. The molecule has 0 aliphatic carbocycles. The van der Waals surface area contributed by atoms with Crippen molar-refractivity contribution in [1.82, 2.24) is 9.29 Å². The lowest BCUT2D eigenvalue weighted by atomic mass is 10.2. The van der Waals surface area contributed by atoms with Crippen LogP contribution in [0.3, 0.4) is 0 Å². The van der Waals surface area contributed by atoms with E-state index in [0.717, 1.165) is 25.0 Å². The lowest BCUT2D eigenvalue weighted by Gasteiger charge is -2.26. The average Bonchev–Trinajstić information content (AvgIpc) is 2.87. The maximum atomic E-state index is 13.2. The molecule has 0 spiro atoms. The predicted molar refractivity (Wildman–Crippen MR) is 135 cm³/mol. The topological polar surface area (TPSA) is 88.6 Å². The van der Waals surface area contributed by atoms with E-state index in [1.807, 2.05) is 36.4 Å². The molecule has 1 aliphatic rings. The lowest BCUT2D eigenvalue weighted by molar-refractivity contribution is -0.113. The molecule has 1 aliphatic heterocycles. The first-order chi connectivity index (χ1) is 16.5. The number of para-hydroxylation sites is 1. The number of pyridine rings is 1. The molecule has 1 saturated heterocycles. The van der Waals surface area contributed by atoms with Gasteiger partial charge in [-0.3, -0.25) is 9.78 Å². The third kappa shape index (κ3) is 6.37. The van der Waals surface area contributed by atoms with E-state index in [1.54, 1.807) is 24.4 Å². The van der Waals surface area contributed by atoms with Crippen molar-refractivity contribution in [2.24, 2.45) is 0 Å². The molecule has 1 fully saturated rings. The highest BCUT2D eigenvalue weighted by molar-refractivity contribution is 7.99. The van der Waals surface area contributed by atoms with Crippen LogP contribution in [0.1, 0.15) is 25.0 Å². The van der Waals surface area contributed by atoms with Gasteiger partial charge in [0, 0.05) is 25.0 Å². The van der Waals surface area contributed by atoms with Gasteiger partial charge in [0.05, 0.1) is 22.0 Å². The normalized spacial score (nSPS) is 14.5. The number of amides is 1. The molecule has 34 heavy (non-hydrogen) atoms. The maximum absolute atomic E-state index is 13.2. The van der Waals surface area contributed by atoms with Crippen molar-refractivity contribution in [3.63, 3.8) is 0 Å². The Bertz CT molecular complexity index is 1200. The van der Waals surface area contributed by atoms with Gasteiger partial charge in [-0.1, -0.05) is 30.7 Å². The van der Waals surface area contributed by atoms with Gasteiger partial charge in [0.1, 0.15) is 5.75 Å². The first-order valence-electron chi connectivity index (χ1n) is 11.2. The number of carbonyl (C=O) groups excluding carboxylic acids is 1. The van der Waals surface area contributed by atoms with Gasteiger partial charge >= 0.3 is 0 Å². The van der Waals surface area contributed by atoms with Gasteiger partial charge in [-0.25, -0.2) is 8.42 Å². The Morgan fingerprint density at radius 2 is 1.76 bits per heavy atom. The summed E-state index contributed by atoms with van der Waals surface area (Å²) in [6.45, 7) is 1.02. The van der Waals surface area contributed by atoms with Crippen molar-refractivity contribution in [2.45, 2.75) is 29.9 Å². The zero-order chi connectivity index (χ0) is 23.8. The number of nitrogens with one attached hydrogen (secondary N) is 1. The van der Waals surface area contributed by atoms with E-state index in [-0.39, 0.29) is 16.6 Å². The van der Waals surface area contributed by atoms with Crippen LogP contribution in [0.4, 0.5) is 5.69 Å². The summed E-state index contributed by atoms with van der Waals surface area (Å²) >= 11 is 1.43. The van der Waals surface area contributed by atoms with Crippen molar-refractivity contribution in [3.05, 3.63) is 78.6 Å². The molecule has 7 nitrogen and oxygen atoms in total. The highest BCUT2D eigenvalue weighted by Crippen LogP contribution is 2.33. The number of hydrogen-bond acceptors (Lipinski definition) is 6. The Hall–Kier alpha value is -2.88. The standard InChI is InChI=1S/C25H27N3O4S2/c29-25(19-33-18-20-9-5-6-14-26-20)27-23-17-22(34(30,31)28-15-7-2-8-16-28)12-13-24(23)32-21-10-3-1-4-11-21/h1,3-6,9-14,17H,2,7-8,15-16,18-19H2,(H,27,29). The number of piperidine rings is 1. The summed E-state index contributed by atoms with van der Waals surface area (Å²) in [6.07, 6.45) is 4.46. The number of aromatic nitrogens is 1. The fraction of sp³-hybridized carbons (Fsp3) is 0.280. The zero-order valence-corrected chi connectivity index (χ0v) is 20.4. The van der Waals surface area contributed by atoms with E-state index in [2.05, 4.69) is 10.3 Å². The van der Waals surface area contributed by atoms with Crippen LogP contribution in [0.5, 0.6) is 11.5 Å². The minimum absolute atomic E-state index is 0.145. The Labute approximate surface area is 204 Å². The Morgan fingerprint density at radius 1 is 1.00 bits per heavy atom. The molecule has 1 N–H and O–H groups in total. The van der Waals surface area contributed by atoms with Crippen molar-refractivity contribution >= 4 is 33.4 Å². The molecule has 178 valence electrons. The van der Waals surface area contributed by atoms with Gasteiger partial charge in [0.2, 0.25) is 15.9 Å². The molecular formula is C25H27N3O4S2. The van der Waals surface area contributed by atoms with E-state index in [9.17, 15) is 13.2 Å². The zero-order valence-electron chi connectivity index (χ0n) is 18.7. The molecule has 1 amide bonds. The smallest absolute Gasteiger partial charge is 0.243 e. The van der Waals surface area contributed by atoms with Gasteiger partial charge < -0.3 is 10.1 Å². The lowest BCUT2D eigenvalue weighted by Crippen LogP contribution is -2.35. The van der Waals surface area contributed by atoms with E-state index in [1.165, 1.54) is 28.2 Å². The Kier molecular flexibility index (Phi) is 8.21. The summed E-state index contributed by atoms with van der Waals surface area (Å²) in [5.74, 6) is 1.53. The summed E-state index contributed by atoms with van der Waals surface area (Å²) in [7, 11) is -3.65. The van der Waals surface area contributed by atoms with Crippen molar-refractivity contribution < 1.29 is 17.9 Å². The number of nitrogens with zero attached hydrogens (tertiary/aromatic N) is 2. The van der Waals surface area contributed by atoms with Crippen molar-refractivity contribution in [3.8, 4) is 11.5 Å². The quantitative estimate of drug-likeness (QED) is 0.451. The van der Waals surface area contributed by atoms with E-state index in [0.29, 0.717) is 36.0 Å². The molecule has 0 radical (unpaired) electrons. The second-order valence-corrected chi connectivity index (χ2v) is 10.8. The SMILES string of the molecule is O=C(CSCc1ccccn1)Nc1cc(S(=O)(=O)N2CCCCC2)ccc1Oc1ccccc1. The first kappa shape index (κ1) is 24.3. The van der Waals surface area contributed by atoms with Crippen molar-refractivity contribution in [2.75, 3.05) is 24.2 Å². The fourth-order valence-corrected chi connectivity index (χ4v) is 5.93. The number of thioether (sulfide) groups is 1. The molecular weight excluding hydrogens is 470 g/mol. The molecule has 2 heterocycles. The highest BCUT2D eigenvalue weighted by atomic mass is 32.2. The van der Waals surface area contributed by atoms with Gasteiger partial charge in [0.25, 0.3) is 0 Å². The largest absolute Gasteiger partial charge is 0.455 e. The molecule has 4 rings (SSSR count). The summed E-state index contributed by atoms with van der Waals surface area (Å²) in [5, 5.41) is 2.84. The highest BCUT2D eigenvalue weighted by Gasteiger charge is 2.27. The average molecular weight is 498 g/mol. The van der Waals surface area contributed by atoms with Crippen LogP contribution in [0.2, 0.25) is 0 Å². The number of benzene rings is 2. The Balaban J connectivity index is 1.52. The number of carbonyl (C=O) groups is 1. The second-order valence-electron chi connectivity index (χ2n) is 7.90. The van der Waals surface area contributed by atoms with Crippen LogP contribution in [-0.4, -0.2) is 42.5 Å². The van der Waals surface area contributed by atoms with Crippen LogP contribution in [0, 0.1) is 0 Å². The van der Waals surface area contributed by atoms with Gasteiger partial charge in [-0.15, -0.1) is 11.8 Å². The number of anilines is 1. The first-order valence-corrected chi connectivity index (χ1v) is 13.8. The molecule has 0 bridgehead atoms. The second kappa shape index (κ2) is 11.5. The summed E-state index contributed by atoms with van der Waals surface area (Å²) in [6, 6.07) is 19.4. The van der Waals surface area contributed by atoms with E-state index < -0.39 is 10.0 Å². The van der Waals surface area contributed by atoms with E-state index >= 15 is 0 Å². The molecule has 9 heteroatoms. The monoisotopic (exact) mass is 497 g/mol. The number of ether oxygens (including phenoxy) is 1.